The Balaban J connectivity index is 2.34. The van der Waals surface area contributed by atoms with E-state index < -0.39 is 0 Å². The number of nitrogens with zero attached hydrogens (tertiary/aromatic N) is 3. The molecule has 74 valence electrons. The zero-order valence-corrected chi connectivity index (χ0v) is 7.90. The number of aryl methyl sites for hydroxylation is 1. The second kappa shape index (κ2) is 5.66. The monoisotopic (exact) mass is 184 g/mol. The predicted octanol–water partition coefficient (Wildman–Crippen LogP) is -0.230. The third-order valence-corrected chi connectivity index (χ3v) is 1.69. The summed E-state index contributed by atoms with van der Waals surface area (Å²) < 4.78 is 1.75. The van der Waals surface area contributed by atoms with Crippen molar-refractivity contribution in [1.29, 1.82) is 0 Å². The van der Waals surface area contributed by atoms with Gasteiger partial charge >= 0.3 is 0 Å². The smallest absolute Gasteiger partial charge is 0.0964 e. The van der Waals surface area contributed by atoms with Crippen LogP contribution >= 0.6 is 0 Å². The SMILES string of the molecule is CCNCc1cn(CCCO)nn1. The first kappa shape index (κ1) is 10.1. The Bertz CT molecular complexity index is 213. The summed E-state index contributed by atoms with van der Waals surface area (Å²) in [6.07, 6.45) is 2.63. The lowest BCUT2D eigenvalue weighted by molar-refractivity contribution is 0.276. The number of nitrogens with one attached hydrogen (secondary N) is 1. The molecule has 0 aromatic carbocycles. The van der Waals surface area contributed by atoms with Crippen LogP contribution in [0.1, 0.15) is 19.0 Å². The minimum Gasteiger partial charge on any atom is -0.396 e. The summed E-state index contributed by atoms with van der Waals surface area (Å²) >= 11 is 0. The van der Waals surface area contributed by atoms with Crippen molar-refractivity contribution >= 4 is 0 Å². The van der Waals surface area contributed by atoms with E-state index >= 15 is 0 Å². The van der Waals surface area contributed by atoms with Gasteiger partial charge in [-0.15, -0.1) is 5.10 Å². The number of rotatable bonds is 6. The van der Waals surface area contributed by atoms with Crippen molar-refractivity contribution in [2.24, 2.45) is 0 Å². The minimum absolute atomic E-state index is 0.197. The molecule has 0 atom stereocenters. The second-order valence-electron chi connectivity index (χ2n) is 2.83. The summed E-state index contributed by atoms with van der Waals surface area (Å²) in [7, 11) is 0. The molecule has 1 heterocycles. The van der Waals surface area contributed by atoms with Crippen molar-refractivity contribution < 1.29 is 5.11 Å². The zero-order valence-electron chi connectivity index (χ0n) is 7.90. The first-order valence-corrected chi connectivity index (χ1v) is 4.57. The average Bonchev–Trinajstić information content (AvgIpc) is 2.59. The van der Waals surface area contributed by atoms with Crippen molar-refractivity contribution in [3.8, 4) is 0 Å². The Kier molecular flexibility index (Phi) is 4.42. The second-order valence-corrected chi connectivity index (χ2v) is 2.83. The van der Waals surface area contributed by atoms with Gasteiger partial charge in [-0.25, -0.2) is 0 Å². The Labute approximate surface area is 77.8 Å². The van der Waals surface area contributed by atoms with E-state index in [1.807, 2.05) is 6.20 Å². The molecule has 0 saturated carbocycles. The summed E-state index contributed by atoms with van der Waals surface area (Å²) in [5, 5.41) is 19.7. The van der Waals surface area contributed by atoms with Gasteiger partial charge in [0.25, 0.3) is 0 Å². The molecule has 0 saturated heterocycles. The highest BCUT2D eigenvalue weighted by molar-refractivity contribution is 4.91. The normalized spacial score (nSPS) is 10.6. The molecule has 0 aliphatic carbocycles. The lowest BCUT2D eigenvalue weighted by Gasteiger charge is -1.96. The molecule has 0 spiro atoms. The third kappa shape index (κ3) is 3.52. The van der Waals surface area contributed by atoms with Gasteiger partial charge in [-0.2, -0.15) is 0 Å². The lowest BCUT2D eigenvalue weighted by atomic mass is 10.4. The van der Waals surface area contributed by atoms with Crippen molar-refractivity contribution in [3.63, 3.8) is 0 Å². The van der Waals surface area contributed by atoms with Crippen LogP contribution in [0.5, 0.6) is 0 Å². The van der Waals surface area contributed by atoms with E-state index in [0.717, 1.165) is 31.7 Å². The molecule has 1 rings (SSSR count). The highest BCUT2D eigenvalue weighted by Gasteiger charge is 1.98. The van der Waals surface area contributed by atoms with Crippen LogP contribution in [0.3, 0.4) is 0 Å². The van der Waals surface area contributed by atoms with Gasteiger partial charge < -0.3 is 10.4 Å². The lowest BCUT2D eigenvalue weighted by Crippen LogP contribution is -2.11. The molecule has 0 aliphatic heterocycles. The molecular weight excluding hydrogens is 168 g/mol. The highest BCUT2D eigenvalue weighted by atomic mass is 16.3. The molecule has 0 bridgehead atoms. The number of aliphatic hydroxyl groups is 1. The van der Waals surface area contributed by atoms with E-state index in [4.69, 9.17) is 5.11 Å². The van der Waals surface area contributed by atoms with Gasteiger partial charge in [-0.3, -0.25) is 4.68 Å². The average molecular weight is 184 g/mol. The summed E-state index contributed by atoms with van der Waals surface area (Å²) in [6.45, 7) is 4.67. The zero-order chi connectivity index (χ0) is 9.52. The molecule has 0 fully saturated rings. The largest absolute Gasteiger partial charge is 0.396 e. The van der Waals surface area contributed by atoms with Gasteiger partial charge in [0.1, 0.15) is 0 Å². The van der Waals surface area contributed by atoms with Crippen LogP contribution < -0.4 is 5.32 Å². The fraction of sp³-hybridized carbons (Fsp3) is 0.750. The maximum Gasteiger partial charge on any atom is 0.0964 e. The fourth-order valence-electron chi connectivity index (χ4n) is 1.01. The number of aliphatic hydroxyl groups excluding tert-OH is 1. The third-order valence-electron chi connectivity index (χ3n) is 1.69. The fourth-order valence-corrected chi connectivity index (χ4v) is 1.01. The van der Waals surface area contributed by atoms with Crippen LogP contribution in [0.4, 0.5) is 0 Å². The van der Waals surface area contributed by atoms with Gasteiger partial charge in [-0.05, 0) is 13.0 Å². The Hall–Kier alpha value is -0.940. The van der Waals surface area contributed by atoms with Crippen LogP contribution in [0.25, 0.3) is 0 Å². The Morgan fingerprint density at radius 3 is 3.15 bits per heavy atom. The minimum atomic E-state index is 0.197. The topological polar surface area (TPSA) is 63.0 Å². The van der Waals surface area contributed by atoms with Gasteiger partial charge in [-0.1, -0.05) is 12.1 Å². The Morgan fingerprint density at radius 2 is 2.46 bits per heavy atom. The number of hydrogen-bond acceptors (Lipinski definition) is 4. The maximum absolute atomic E-state index is 8.60. The van der Waals surface area contributed by atoms with E-state index in [2.05, 4.69) is 22.6 Å². The molecule has 13 heavy (non-hydrogen) atoms. The number of aromatic nitrogens is 3. The van der Waals surface area contributed by atoms with E-state index in [0.29, 0.717) is 0 Å². The molecule has 0 unspecified atom stereocenters. The first-order chi connectivity index (χ1) is 6.36. The van der Waals surface area contributed by atoms with E-state index in [9.17, 15) is 0 Å². The molecule has 0 amide bonds. The van der Waals surface area contributed by atoms with E-state index in [-0.39, 0.29) is 6.61 Å². The molecule has 5 heteroatoms. The highest BCUT2D eigenvalue weighted by Crippen LogP contribution is 1.93. The molecule has 5 nitrogen and oxygen atoms in total. The first-order valence-electron chi connectivity index (χ1n) is 4.57. The van der Waals surface area contributed by atoms with Crippen LogP contribution in [0, 0.1) is 0 Å². The van der Waals surface area contributed by atoms with E-state index in [1.54, 1.807) is 4.68 Å². The molecule has 2 N–H and O–H groups in total. The summed E-state index contributed by atoms with van der Waals surface area (Å²) in [5.74, 6) is 0. The molecule has 1 aromatic rings. The Morgan fingerprint density at radius 1 is 1.62 bits per heavy atom. The van der Waals surface area contributed by atoms with Gasteiger partial charge in [0.05, 0.1) is 5.69 Å². The van der Waals surface area contributed by atoms with E-state index in [1.165, 1.54) is 0 Å². The van der Waals surface area contributed by atoms with Crippen LogP contribution in [-0.2, 0) is 13.1 Å². The van der Waals surface area contributed by atoms with Gasteiger partial charge in [0, 0.05) is 25.9 Å². The summed E-state index contributed by atoms with van der Waals surface area (Å²) in [6, 6.07) is 0. The van der Waals surface area contributed by atoms with Gasteiger partial charge in [0.15, 0.2) is 0 Å². The maximum atomic E-state index is 8.60. The van der Waals surface area contributed by atoms with Crippen molar-refractivity contribution in [1.82, 2.24) is 20.3 Å². The summed E-state index contributed by atoms with van der Waals surface area (Å²) in [5.41, 5.74) is 0.944. The van der Waals surface area contributed by atoms with Gasteiger partial charge in [0.2, 0.25) is 0 Å². The van der Waals surface area contributed by atoms with Crippen LogP contribution in [0.15, 0.2) is 6.20 Å². The molecular formula is C8H16N4O. The quantitative estimate of drug-likeness (QED) is 0.641. The standard InChI is InChI=1S/C8H16N4O/c1-2-9-6-8-7-12(11-10-8)4-3-5-13/h7,9,13H,2-6H2,1H3. The van der Waals surface area contributed by atoms with Crippen LogP contribution in [0.2, 0.25) is 0 Å². The van der Waals surface area contributed by atoms with Crippen molar-refractivity contribution in [3.05, 3.63) is 11.9 Å². The van der Waals surface area contributed by atoms with Crippen molar-refractivity contribution in [2.45, 2.75) is 26.4 Å². The molecule has 1 aromatic heterocycles. The molecule has 0 aliphatic rings. The van der Waals surface area contributed by atoms with Crippen molar-refractivity contribution in [2.75, 3.05) is 13.2 Å². The predicted molar refractivity (Wildman–Crippen MR) is 49.1 cm³/mol. The van der Waals surface area contributed by atoms with Crippen LogP contribution in [-0.4, -0.2) is 33.3 Å². The summed E-state index contributed by atoms with van der Waals surface area (Å²) in [4.78, 5) is 0. The molecule has 0 radical (unpaired) electrons. The number of hydrogen-bond donors (Lipinski definition) is 2.